The zero-order valence-corrected chi connectivity index (χ0v) is 20.1. The van der Waals surface area contributed by atoms with Gasteiger partial charge in [-0.2, -0.15) is 0 Å². The molecule has 0 saturated heterocycles. The van der Waals surface area contributed by atoms with Gasteiger partial charge in [0.2, 0.25) is 5.91 Å². The molecule has 6 nitrogen and oxygen atoms in total. The second-order valence-electron chi connectivity index (χ2n) is 7.70. The van der Waals surface area contributed by atoms with Crippen molar-refractivity contribution >= 4 is 39.9 Å². The van der Waals surface area contributed by atoms with Crippen molar-refractivity contribution < 1.29 is 13.6 Å². The number of carbonyl (C=O) groups excluding carboxylic acids is 1. The molecule has 1 N–H and O–H groups in total. The van der Waals surface area contributed by atoms with E-state index in [-0.39, 0.29) is 22.5 Å². The molecule has 0 spiro atoms. The fourth-order valence-corrected chi connectivity index (χ4v) is 4.56. The van der Waals surface area contributed by atoms with E-state index in [0.717, 1.165) is 41.2 Å². The molecule has 0 radical (unpaired) electrons. The summed E-state index contributed by atoms with van der Waals surface area (Å²) in [6, 6.07) is 17.2. The van der Waals surface area contributed by atoms with E-state index in [2.05, 4.69) is 29.0 Å². The summed E-state index contributed by atoms with van der Waals surface area (Å²) in [5.41, 5.74) is 1.49. The van der Waals surface area contributed by atoms with Crippen LogP contribution in [0.15, 0.2) is 76.7 Å². The van der Waals surface area contributed by atoms with Crippen LogP contribution in [0.5, 0.6) is 0 Å². The van der Waals surface area contributed by atoms with Crippen LogP contribution in [0.1, 0.15) is 13.8 Å². The molecule has 0 bridgehead atoms. The number of para-hydroxylation sites is 1. The van der Waals surface area contributed by atoms with Crippen LogP contribution >= 0.6 is 11.8 Å². The lowest BCUT2D eigenvalue weighted by Crippen LogP contribution is -2.24. The van der Waals surface area contributed by atoms with Gasteiger partial charge in [-0.15, -0.1) is 0 Å². The van der Waals surface area contributed by atoms with Crippen LogP contribution in [0.4, 0.5) is 20.2 Å². The number of fused-ring (bicyclic) bond motifs is 1. The Balaban J connectivity index is 1.59. The molecular weight excluding hydrogens is 470 g/mol. The number of amides is 1. The van der Waals surface area contributed by atoms with Crippen LogP contribution in [0.2, 0.25) is 0 Å². The van der Waals surface area contributed by atoms with Crippen LogP contribution in [0.25, 0.3) is 16.6 Å². The first-order valence-electron chi connectivity index (χ1n) is 11.2. The third kappa shape index (κ3) is 5.35. The Kier molecular flexibility index (Phi) is 7.45. The zero-order valence-electron chi connectivity index (χ0n) is 19.3. The lowest BCUT2D eigenvalue weighted by Gasteiger charge is -2.21. The third-order valence-corrected chi connectivity index (χ3v) is 6.45. The van der Waals surface area contributed by atoms with Crippen molar-refractivity contribution in [3.8, 4) is 5.69 Å². The Labute approximate surface area is 205 Å². The van der Waals surface area contributed by atoms with E-state index in [0.29, 0.717) is 22.7 Å². The van der Waals surface area contributed by atoms with Crippen LogP contribution in [-0.2, 0) is 4.79 Å². The lowest BCUT2D eigenvalue weighted by atomic mass is 10.2. The lowest BCUT2D eigenvalue weighted by molar-refractivity contribution is -0.113. The van der Waals surface area contributed by atoms with Gasteiger partial charge in [0.1, 0.15) is 11.6 Å². The molecule has 0 fully saturated rings. The molecule has 4 rings (SSSR count). The quantitative estimate of drug-likeness (QED) is 0.268. The number of carbonyl (C=O) groups is 1. The van der Waals surface area contributed by atoms with Crippen LogP contribution in [0.3, 0.4) is 0 Å². The fraction of sp³-hybridized carbons (Fsp3) is 0.192. The molecule has 0 aliphatic carbocycles. The third-order valence-electron chi connectivity index (χ3n) is 5.51. The molecule has 3 aromatic carbocycles. The molecule has 0 atom stereocenters. The highest BCUT2D eigenvalue weighted by Gasteiger charge is 2.18. The van der Waals surface area contributed by atoms with Gasteiger partial charge in [-0.05, 0) is 62.4 Å². The Bertz CT molecular complexity index is 1420. The monoisotopic (exact) mass is 494 g/mol. The van der Waals surface area contributed by atoms with Gasteiger partial charge >= 0.3 is 0 Å². The van der Waals surface area contributed by atoms with Gasteiger partial charge in [0.25, 0.3) is 5.56 Å². The number of hydrogen-bond donors (Lipinski definition) is 1. The van der Waals surface area contributed by atoms with E-state index in [1.54, 1.807) is 24.3 Å². The number of halogens is 2. The predicted molar refractivity (Wildman–Crippen MR) is 137 cm³/mol. The van der Waals surface area contributed by atoms with Crippen molar-refractivity contribution in [2.45, 2.75) is 19.0 Å². The van der Waals surface area contributed by atoms with E-state index in [1.807, 2.05) is 24.3 Å². The Hall–Kier alpha value is -3.72. The molecule has 35 heavy (non-hydrogen) atoms. The van der Waals surface area contributed by atoms with Crippen molar-refractivity contribution in [3.05, 3.63) is 88.7 Å². The summed E-state index contributed by atoms with van der Waals surface area (Å²) in [5.74, 6) is -2.03. The van der Waals surface area contributed by atoms with E-state index in [9.17, 15) is 18.4 Å². The summed E-state index contributed by atoms with van der Waals surface area (Å²) in [4.78, 5) is 32.5. The summed E-state index contributed by atoms with van der Waals surface area (Å²) in [7, 11) is 0. The molecule has 180 valence electrons. The van der Waals surface area contributed by atoms with Crippen molar-refractivity contribution in [1.29, 1.82) is 0 Å². The topological polar surface area (TPSA) is 67.2 Å². The summed E-state index contributed by atoms with van der Waals surface area (Å²) in [6.45, 7) is 5.92. The molecule has 4 aromatic rings. The summed E-state index contributed by atoms with van der Waals surface area (Å²) in [6.07, 6.45) is 0. The number of anilines is 2. The maximum atomic E-state index is 14.6. The number of nitrogens with zero attached hydrogens (tertiary/aromatic N) is 3. The van der Waals surface area contributed by atoms with E-state index >= 15 is 0 Å². The van der Waals surface area contributed by atoms with E-state index in [1.165, 1.54) is 6.07 Å². The number of aromatic nitrogens is 2. The number of nitrogens with one attached hydrogen (secondary N) is 1. The smallest absolute Gasteiger partial charge is 0.266 e. The number of rotatable bonds is 8. The minimum atomic E-state index is -0.899. The number of benzene rings is 3. The van der Waals surface area contributed by atoms with Crippen molar-refractivity contribution in [3.63, 3.8) is 0 Å². The second kappa shape index (κ2) is 10.7. The number of hydrogen-bond acceptors (Lipinski definition) is 5. The highest BCUT2D eigenvalue weighted by molar-refractivity contribution is 7.99. The maximum absolute atomic E-state index is 14.6. The van der Waals surface area contributed by atoms with E-state index in [4.69, 9.17) is 0 Å². The number of thioether (sulfide) groups is 1. The maximum Gasteiger partial charge on any atom is 0.266 e. The minimum Gasteiger partial charge on any atom is -0.372 e. The molecule has 1 amide bonds. The highest BCUT2D eigenvalue weighted by atomic mass is 32.2. The Morgan fingerprint density at radius 1 is 1.03 bits per heavy atom. The normalized spacial score (nSPS) is 11.0. The minimum absolute atomic E-state index is 0.0641. The Morgan fingerprint density at radius 3 is 2.43 bits per heavy atom. The zero-order chi connectivity index (χ0) is 24.9. The van der Waals surface area contributed by atoms with E-state index < -0.39 is 17.2 Å². The van der Waals surface area contributed by atoms with Crippen molar-refractivity contribution in [2.24, 2.45) is 0 Å². The van der Waals surface area contributed by atoms with Crippen LogP contribution < -0.4 is 15.8 Å². The molecule has 9 heteroatoms. The molecular formula is C26H24F2N4O2S. The predicted octanol–water partition coefficient (Wildman–Crippen LogP) is 5.24. The van der Waals surface area contributed by atoms with Gasteiger partial charge in [-0.3, -0.25) is 14.2 Å². The average Bonchev–Trinajstić information content (AvgIpc) is 2.85. The first kappa shape index (κ1) is 24.4. The van der Waals surface area contributed by atoms with Crippen LogP contribution in [0, 0.1) is 11.6 Å². The summed E-state index contributed by atoms with van der Waals surface area (Å²) >= 11 is 0.998. The first-order valence-corrected chi connectivity index (χ1v) is 12.1. The first-order chi connectivity index (χ1) is 16.9. The van der Waals surface area contributed by atoms with Gasteiger partial charge in [0.05, 0.1) is 22.3 Å². The standard InChI is InChI=1S/C26H24F2N4O2S/c1-3-31(4-2)19-12-10-18(11-13-19)29-24(33)16-35-26-30-22-8-6-5-7-20(22)25(34)32(26)23-14-9-17(27)15-21(23)28/h5-15H,3-4,16H2,1-2H3,(H,29,33). The van der Waals surface area contributed by atoms with Crippen molar-refractivity contribution in [1.82, 2.24) is 9.55 Å². The molecule has 0 aliphatic heterocycles. The van der Waals surface area contributed by atoms with Gasteiger partial charge in [-0.1, -0.05) is 23.9 Å². The largest absolute Gasteiger partial charge is 0.372 e. The molecule has 0 saturated carbocycles. The molecule has 0 aliphatic rings. The fourth-order valence-electron chi connectivity index (χ4n) is 3.76. The second-order valence-corrected chi connectivity index (χ2v) is 8.65. The summed E-state index contributed by atoms with van der Waals surface area (Å²) in [5, 5.41) is 3.25. The Morgan fingerprint density at radius 2 is 1.74 bits per heavy atom. The van der Waals surface area contributed by atoms with Gasteiger partial charge in [-0.25, -0.2) is 13.8 Å². The van der Waals surface area contributed by atoms with Gasteiger partial charge < -0.3 is 10.2 Å². The van der Waals surface area contributed by atoms with Gasteiger partial charge in [0.15, 0.2) is 5.16 Å². The van der Waals surface area contributed by atoms with Crippen molar-refractivity contribution in [2.75, 3.05) is 29.1 Å². The SMILES string of the molecule is CCN(CC)c1ccc(NC(=O)CSc2nc3ccccc3c(=O)n2-c2ccc(F)cc2F)cc1. The highest BCUT2D eigenvalue weighted by Crippen LogP contribution is 2.24. The molecule has 0 unspecified atom stereocenters. The summed E-state index contributed by atoms with van der Waals surface area (Å²) < 4.78 is 29.2. The van der Waals surface area contributed by atoms with Crippen LogP contribution in [-0.4, -0.2) is 34.3 Å². The average molecular weight is 495 g/mol. The molecule has 1 aromatic heterocycles. The molecule has 1 heterocycles. The van der Waals surface area contributed by atoms with Gasteiger partial charge in [0, 0.05) is 30.5 Å².